The van der Waals surface area contributed by atoms with Crippen LogP contribution in [0, 0.1) is 5.92 Å². The summed E-state index contributed by atoms with van der Waals surface area (Å²) in [5.74, 6) is 0.766. The predicted molar refractivity (Wildman–Crippen MR) is 134 cm³/mol. The molecule has 0 fully saturated rings. The van der Waals surface area contributed by atoms with E-state index in [1.807, 2.05) is 0 Å². The average Bonchev–Trinajstić information content (AvgIpc) is 2.78. The standard InChI is InChI=1S/C30H46/c1-2-3-4-5-6-7-8-9-10-11-12-13-16-25-30(26-28-21-17-14-18-22-28)27-29-23-19-15-20-24-29/h14-15,17-24,30H,2-13,16,25-27H2,1H3. The fourth-order valence-corrected chi connectivity index (χ4v) is 4.62. The number of benzene rings is 2. The molecular formula is C30H46. The van der Waals surface area contributed by atoms with Gasteiger partial charge in [-0.05, 0) is 36.3 Å². The van der Waals surface area contributed by atoms with Crippen LogP contribution in [0.3, 0.4) is 0 Å². The van der Waals surface area contributed by atoms with E-state index in [0.717, 1.165) is 5.92 Å². The van der Waals surface area contributed by atoms with Gasteiger partial charge in [0.15, 0.2) is 0 Å². The van der Waals surface area contributed by atoms with Crippen molar-refractivity contribution in [3.63, 3.8) is 0 Å². The summed E-state index contributed by atoms with van der Waals surface area (Å²) in [6, 6.07) is 22.2. The molecule has 0 radical (unpaired) electrons. The van der Waals surface area contributed by atoms with Crippen molar-refractivity contribution in [3.8, 4) is 0 Å². The number of hydrogen-bond donors (Lipinski definition) is 0. The molecule has 0 N–H and O–H groups in total. The zero-order valence-electron chi connectivity index (χ0n) is 19.7. The summed E-state index contributed by atoms with van der Waals surface area (Å²) in [5.41, 5.74) is 2.99. The molecule has 0 aliphatic carbocycles. The van der Waals surface area contributed by atoms with Gasteiger partial charge in [0.25, 0.3) is 0 Å². The van der Waals surface area contributed by atoms with Crippen molar-refractivity contribution in [3.05, 3.63) is 71.8 Å². The lowest BCUT2D eigenvalue weighted by Gasteiger charge is -2.17. The number of unbranched alkanes of at least 4 members (excludes halogenated alkanes) is 12. The Morgan fingerprint density at radius 3 is 1.23 bits per heavy atom. The molecule has 2 rings (SSSR count). The van der Waals surface area contributed by atoms with Gasteiger partial charge in [-0.1, -0.05) is 151 Å². The zero-order valence-corrected chi connectivity index (χ0v) is 19.7. The lowest BCUT2D eigenvalue weighted by Crippen LogP contribution is -2.08. The maximum Gasteiger partial charge on any atom is -0.0247 e. The molecule has 2 aromatic rings. The van der Waals surface area contributed by atoms with Crippen LogP contribution in [0.25, 0.3) is 0 Å². The van der Waals surface area contributed by atoms with E-state index < -0.39 is 0 Å². The molecule has 166 valence electrons. The Kier molecular flexibility index (Phi) is 14.1. The van der Waals surface area contributed by atoms with Crippen LogP contribution < -0.4 is 0 Å². The van der Waals surface area contributed by atoms with E-state index in [-0.39, 0.29) is 0 Å². The molecule has 0 unspecified atom stereocenters. The van der Waals surface area contributed by atoms with E-state index in [0.29, 0.717) is 0 Å². The highest BCUT2D eigenvalue weighted by molar-refractivity contribution is 5.18. The first-order valence-electron chi connectivity index (χ1n) is 13.0. The molecule has 0 aliphatic rings. The van der Waals surface area contributed by atoms with Crippen molar-refractivity contribution >= 4 is 0 Å². The van der Waals surface area contributed by atoms with E-state index in [1.165, 1.54) is 114 Å². The van der Waals surface area contributed by atoms with Gasteiger partial charge in [0.05, 0.1) is 0 Å². The van der Waals surface area contributed by atoms with Gasteiger partial charge in [0.1, 0.15) is 0 Å². The van der Waals surface area contributed by atoms with Crippen LogP contribution in [-0.4, -0.2) is 0 Å². The summed E-state index contributed by atoms with van der Waals surface area (Å²) >= 11 is 0. The Morgan fingerprint density at radius 1 is 0.467 bits per heavy atom. The minimum Gasteiger partial charge on any atom is -0.0654 e. The molecule has 0 spiro atoms. The van der Waals surface area contributed by atoms with Gasteiger partial charge < -0.3 is 0 Å². The van der Waals surface area contributed by atoms with Crippen LogP contribution in [0.4, 0.5) is 0 Å². The molecule has 0 amide bonds. The van der Waals surface area contributed by atoms with Crippen molar-refractivity contribution < 1.29 is 0 Å². The lowest BCUT2D eigenvalue weighted by molar-refractivity contribution is 0.444. The molecule has 0 heteroatoms. The van der Waals surface area contributed by atoms with Crippen LogP contribution >= 0.6 is 0 Å². The Hall–Kier alpha value is -1.56. The third-order valence-electron chi connectivity index (χ3n) is 6.45. The molecule has 0 nitrogen and oxygen atoms in total. The molecule has 0 aliphatic heterocycles. The molecule has 0 saturated carbocycles. The maximum atomic E-state index is 2.30. The van der Waals surface area contributed by atoms with Gasteiger partial charge in [-0.25, -0.2) is 0 Å². The fraction of sp³-hybridized carbons (Fsp3) is 0.600. The first kappa shape index (κ1) is 24.7. The first-order chi connectivity index (χ1) is 14.9. The second-order valence-electron chi connectivity index (χ2n) is 9.28. The third kappa shape index (κ3) is 12.2. The second kappa shape index (κ2) is 17.2. The SMILES string of the molecule is CCCCCCCCCCCCCCCC(Cc1ccccc1)Cc1ccccc1. The zero-order chi connectivity index (χ0) is 21.1. The average molecular weight is 407 g/mol. The highest BCUT2D eigenvalue weighted by Crippen LogP contribution is 2.21. The smallest absolute Gasteiger partial charge is 0.0247 e. The molecular weight excluding hydrogens is 360 g/mol. The minimum absolute atomic E-state index is 0.766. The van der Waals surface area contributed by atoms with E-state index in [9.17, 15) is 0 Å². The third-order valence-corrected chi connectivity index (χ3v) is 6.45. The molecule has 30 heavy (non-hydrogen) atoms. The van der Waals surface area contributed by atoms with E-state index in [1.54, 1.807) is 0 Å². The number of rotatable bonds is 18. The maximum absolute atomic E-state index is 2.30. The molecule has 0 heterocycles. The Labute approximate surface area is 187 Å². The predicted octanol–water partition coefficient (Wildman–Crippen LogP) is 9.57. The van der Waals surface area contributed by atoms with Crippen molar-refractivity contribution in [2.75, 3.05) is 0 Å². The van der Waals surface area contributed by atoms with E-state index in [2.05, 4.69) is 67.6 Å². The summed E-state index contributed by atoms with van der Waals surface area (Å²) in [6.07, 6.45) is 22.5. The van der Waals surface area contributed by atoms with Crippen LogP contribution in [0.5, 0.6) is 0 Å². The molecule has 0 saturated heterocycles. The quantitative estimate of drug-likeness (QED) is 0.216. The van der Waals surface area contributed by atoms with Crippen LogP contribution in [0.2, 0.25) is 0 Å². The molecule has 0 bridgehead atoms. The van der Waals surface area contributed by atoms with Crippen molar-refractivity contribution in [2.24, 2.45) is 5.92 Å². The number of hydrogen-bond acceptors (Lipinski definition) is 0. The van der Waals surface area contributed by atoms with E-state index >= 15 is 0 Å². The summed E-state index contributed by atoms with van der Waals surface area (Å²) in [4.78, 5) is 0. The highest BCUT2D eigenvalue weighted by atomic mass is 14.2. The normalized spacial score (nSPS) is 11.3. The summed E-state index contributed by atoms with van der Waals surface area (Å²) < 4.78 is 0. The van der Waals surface area contributed by atoms with E-state index in [4.69, 9.17) is 0 Å². The summed E-state index contributed by atoms with van der Waals surface area (Å²) in [7, 11) is 0. The largest absolute Gasteiger partial charge is 0.0654 e. The summed E-state index contributed by atoms with van der Waals surface area (Å²) in [6.45, 7) is 2.30. The van der Waals surface area contributed by atoms with Crippen molar-refractivity contribution in [1.29, 1.82) is 0 Å². The minimum atomic E-state index is 0.766. The van der Waals surface area contributed by atoms with Gasteiger partial charge in [0, 0.05) is 0 Å². The Balaban J connectivity index is 1.55. The van der Waals surface area contributed by atoms with Gasteiger partial charge in [-0.15, -0.1) is 0 Å². The van der Waals surface area contributed by atoms with Crippen LogP contribution in [0.1, 0.15) is 108 Å². The van der Waals surface area contributed by atoms with Gasteiger partial charge in [-0.3, -0.25) is 0 Å². The molecule has 0 aromatic heterocycles. The first-order valence-corrected chi connectivity index (χ1v) is 13.0. The monoisotopic (exact) mass is 406 g/mol. The second-order valence-corrected chi connectivity index (χ2v) is 9.28. The fourth-order valence-electron chi connectivity index (χ4n) is 4.62. The Morgan fingerprint density at radius 2 is 0.833 bits per heavy atom. The summed E-state index contributed by atoms with van der Waals surface area (Å²) in [5, 5.41) is 0. The van der Waals surface area contributed by atoms with Gasteiger partial charge >= 0.3 is 0 Å². The van der Waals surface area contributed by atoms with Gasteiger partial charge in [0.2, 0.25) is 0 Å². The van der Waals surface area contributed by atoms with Crippen molar-refractivity contribution in [2.45, 2.75) is 110 Å². The topological polar surface area (TPSA) is 0 Å². The lowest BCUT2D eigenvalue weighted by atomic mass is 9.88. The Bertz CT molecular complexity index is 559. The van der Waals surface area contributed by atoms with Gasteiger partial charge in [-0.2, -0.15) is 0 Å². The van der Waals surface area contributed by atoms with Crippen LogP contribution in [0.15, 0.2) is 60.7 Å². The highest BCUT2D eigenvalue weighted by Gasteiger charge is 2.11. The molecule has 2 aromatic carbocycles. The molecule has 0 atom stereocenters. The van der Waals surface area contributed by atoms with Crippen molar-refractivity contribution in [1.82, 2.24) is 0 Å². The van der Waals surface area contributed by atoms with Crippen LogP contribution in [-0.2, 0) is 12.8 Å².